The van der Waals surface area contributed by atoms with E-state index in [0.29, 0.717) is 23.4 Å². The third-order valence-electron chi connectivity index (χ3n) is 3.46. The molecule has 2 N–H and O–H groups in total. The molecule has 0 aromatic heterocycles. The monoisotopic (exact) mass is 333 g/mol. The molecule has 1 amide bonds. The van der Waals surface area contributed by atoms with E-state index >= 15 is 0 Å². The predicted molar refractivity (Wildman–Crippen MR) is 88.7 cm³/mol. The number of nitrogens with zero attached hydrogens (tertiary/aromatic N) is 1. The van der Waals surface area contributed by atoms with Crippen molar-refractivity contribution >= 4 is 16.7 Å². The van der Waals surface area contributed by atoms with Crippen molar-refractivity contribution in [2.24, 2.45) is 0 Å². The van der Waals surface area contributed by atoms with E-state index in [0.717, 1.165) is 4.90 Å². The normalized spacial score (nSPS) is 11.9. The molecule has 23 heavy (non-hydrogen) atoms. The van der Waals surface area contributed by atoms with E-state index in [2.05, 4.69) is 0 Å². The summed E-state index contributed by atoms with van der Waals surface area (Å²) in [7, 11) is 0.474. The average molecular weight is 333 g/mol. The Balaban J connectivity index is 1.99. The minimum Gasteiger partial charge on any atom is -0.508 e. The summed E-state index contributed by atoms with van der Waals surface area (Å²) in [4.78, 5) is 14.6. The third-order valence-corrected chi connectivity index (χ3v) is 4.81. The highest BCUT2D eigenvalue weighted by molar-refractivity contribution is 7.85. The highest BCUT2D eigenvalue weighted by Gasteiger charge is 2.15. The van der Waals surface area contributed by atoms with Crippen LogP contribution < -0.4 is 0 Å². The second-order valence-electron chi connectivity index (χ2n) is 5.09. The van der Waals surface area contributed by atoms with Crippen molar-refractivity contribution in [1.29, 1.82) is 0 Å². The molecule has 0 fully saturated rings. The molecule has 0 saturated carbocycles. The van der Waals surface area contributed by atoms with Crippen molar-refractivity contribution < 1.29 is 19.2 Å². The lowest BCUT2D eigenvalue weighted by Crippen LogP contribution is -2.30. The van der Waals surface area contributed by atoms with Gasteiger partial charge in [0, 0.05) is 35.4 Å². The van der Waals surface area contributed by atoms with E-state index in [1.165, 1.54) is 23.1 Å². The SMILES string of the molecule is CN(CCS(=O)c1ccccc1)C(=O)c1ccc(O)c(CO)c1. The molecular formula is C17H19NO4S. The van der Waals surface area contributed by atoms with E-state index in [1.54, 1.807) is 19.2 Å². The molecule has 0 spiro atoms. The van der Waals surface area contributed by atoms with Gasteiger partial charge in [0.25, 0.3) is 5.91 Å². The van der Waals surface area contributed by atoms with Crippen LogP contribution in [0, 0.1) is 0 Å². The number of aliphatic hydroxyl groups excluding tert-OH is 1. The maximum absolute atomic E-state index is 12.3. The minimum absolute atomic E-state index is 0.0446. The van der Waals surface area contributed by atoms with Gasteiger partial charge in [-0.3, -0.25) is 9.00 Å². The van der Waals surface area contributed by atoms with Gasteiger partial charge in [0.05, 0.1) is 17.4 Å². The van der Waals surface area contributed by atoms with Gasteiger partial charge in [-0.25, -0.2) is 0 Å². The molecule has 0 radical (unpaired) electrons. The van der Waals surface area contributed by atoms with E-state index in [9.17, 15) is 14.1 Å². The fraction of sp³-hybridized carbons (Fsp3) is 0.235. The number of hydrogen-bond donors (Lipinski definition) is 2. The number of phenols is 1. The van der Waals surface area contributed by atoms with E-state index in [-0.39, 0.29) is 18.3 Å². The van der Waals surface area contributed by atoms with Gasteiger partial charge in [0.1, 0.15) is 5.75 Å². The zero-order chi connectivity index (χ0) is 16.8. The van der Waals surface area contributed by atoms with Crippen molar-refractivity contribution in [1.82, 2.24) is 4.90 Å². The number of carbonyl (C=O) groups is 1. The van der Waals surface area contributed by atoms with Crippen molar-refractivity contribution in [3.05, 3.63) is 59.7 Å². The van der Waals surface area contributed by atoms with Crippen LogP contribution in [0.1, 0.15) is 15.9 Å². The van der Waals surface area contributed by atoms with Crippen LogP contribution in [0.15, 0.2) is 53.4 Å². The molecule has 5 nitrogen and oxygen atoms in total. The summed E-state index contributed by atoms with van der Waals surface area (Å²) in [6.07, 6.45) is 0. The van der Waals surface area contributed by atoms with Gasteiger partial charge in [-0.2, -0.15) is 0 Å². The Kier molecular flexibility index (Phi) is 5.90. The van der Waals surface area contributed by atoms with Crippen LogP contribution in [0.2, 0.25) is 0 Å². The molecule has 2 aromatic carbocycles. The van der Waals surface area contributed by atoms with Crippen LogP contribution in [-0.4, -0.2) is 44.6 Å². The van der Waals surface area contributed by atoms with Crippen LogP contribution in [-0.2, 0) is 17.4 Å². The van der Waals surface area contributed by atoms with E-state index in [4.69, 9.17) is 5.11 Å². The molecule has 2 rings (SSSR count). The second-order valence-corrected chi connectivity index (χ2v) is 6.66. The molecule has 0 saturated heterocycles. The first kappa shape index (κ1) is 17.2. The zero-order valence-corrected chi connectivity index (χ0v) is 13.6. The molecule has 1 atom stereocenters. The molecule has 6 heteroatoms. The fourth-order valence-corrected chi connectivity index (χ4v) is 3.21. The summed E-state index contributed by atoms with van der Waals surface area (Å²) in [6, 6.07) is 13.5. The van der Waals surface area contributed by atoms with Crippen LogP contribution in [0.3, 0.4) is 0 Å². The van der Waals surface area contributed by atoms with Crippen LogP contribution in [0.5, 0.6) is 5.75 Å². The summed E-state index contributed by atoms with van der Waals surface area (Å²) in [5.41, 5.74) is 0.678. The van der Waals surface area contributed by atoms with Crippen molar-refractivity contribution in [3.63, 3.8) is 0 Å². The van der Waals surface area contributed by atoms with Crippen LogP contribution in [0.4, 0.5) is 0 Å². The van der Waals surface area contributed by atoms with Gasteiger partial charge < -0.3 is 15.1 Å². The zero-order valence-electron chi connectivity index (χ0n) is 12.8. The lowest BCUT2D eigenvalue weighted by Gasteiger charge is -2.17. The Bertz CT molecular complexity index is 703. The predicted octanol–water partition coefficient (Wildman–Crippen LogP) is 1.76. The first-order chi connectivity index (χ1) is 11.0. The Morgan fingerprint density at radius 1 is 1.17 bits per heavy atom. The number of hydrogen-bond acceptors (Lipinski definition) is 4. The summed E-state index contributed by atoms with van der Waals surface area (Å²) in [5.74, 6) is 0.0543. The standard InChI is InChI=1S/C17H19NO4S/c1-18(9-10-23(22)15-5-3-2-4-6-15)17(21)13-7-8-16(20)14(11-13)12-19/h2-8,11,19-20H,9-10,12H2,1H3. The molecule has 122 valence electrons. The van der Waals surface area contributed by atoms with E-state index in [1.807, 2.05) is 18.2 Å². The quantitative estimate of drug-likeness (QED) is 0.844. The molecular weight excluding hydrogens is 314 g/mol. The highest BCUT2D eigenvalue weighted by atomic mass is 32.2. The lowest BCUT2D eigenvalue weighted by molar-refractivity contribution is 0.0803. The van der Waals surface area contributed by atoms with Crippen LogP contribution >= 0.6 is 0 Å². The number of benzene rings is 2. The minimum atomic E-state index is -1.16. The molecule has 0 aliphatic heterocycles. The fourth-order valence-electron chi connectivity index (χ4n) is 2.08. The number of rotatable bonds is 6. The third kappa shape index (κ3) is 4.40. The lowest BCUT2D eigenvalue weighted by atomic mass is 10.1. The summed E-state index contributed by atoms with van der Waals surface area (Å²) in [6.45, 7) is 0.00433. The van der Waals surface area contributed by atoms with Crippen molar-refractivity contribution in [2.45, 2.75) is 11.5 Å². The topological polar surface area (TPSA) is 77.8 Å². The molecule has 2 aromatic rings. The molecule has 0 bridgehead atoms. The summed E-state index contributed by atoms with van der Waals surface area (Å²) >= 11 is 0. The van der Waals surface area contributed by atoms with Crippen molar-refractivity contribution in [3.8, 4) is 5.75 Å². The molecule has 1 unspecified atom stereocenters. The number of carbonyl (C=O) groups excluding carboxylic acids is 1. The smallest absolute Gasteiger partial charge is 0.253 e. The average Bonchev–Trinajstić information content (AvgIpc) is 2.59. The number of amides is 1. The molecule has 0 aliphatic carbocycles. The Labute approximate surface area is 137 Å². The highest BCUT2D eigenvalue weighted by Crippen LogP contribution is 2.19. The summed E-state index contributed by atoms with van der Waals surface area (Å²) in [5, 5.41) is 18.7. The van der Waals surface area contributed by atoms with Gasteiger partial charge >= 0.3 is 0 Å². The Morgan fingerprint density at radius 3 is 2.52 bits per heavy atom. The van der Waals surface area contributed by atoms with Gasteiger partial charge in [0.2, 0.25) is 0 Å². The van der Waals surface area contributed by atoms with Gasteiger partial charge in [0.15, 0.2) is 0 Å². The number of aromatic hydroxyl groups is 1. The maximum atomic E-state index is 12.3. The van der Waals surface area contributed by atoms with E-state index < -0.39 is 10.8 Å². The Hall–Kier alpha value is -2.18. The van der Waals surface area contributed by atoms with Crippen LogP contribution in [0.25, 0.3) is 0 Å². The van der Waals surface area contributed by atoms with Crippen molar-refractivity contribution in [2.75, 3.05) is 19.3 Å². The van der Waals surface area contributed by atoms with Gasteiger partial charge in [-0.1, -0.05) is 18.2 Å². The Morgan fingerprint density at radius 2 is 1.87 bits per heavy atom. The number of aliphatic hydroxyl groups is 1. The largest absolute Gasteiger partial charge is 0.508 e. The maximum Gasteiger partial charge on any atom is 0.253 e. The molecule has 0 heterocycles. The first-order valence-corrected chi connectivity index (χ1v) is 8.46. The first-order valence-electron chi connectivity index (χ1n) is 7.14. The summed E-state index contributed by atoms with van der Waals surface area (Å²) < 4.78 is 12.2. The van der Waals surface area contributed by atoms with Gasteiger partial charge in [-0.05, 0) is 30.3 Å². The van der Waals surface area contributed by atoms with Gasteiger partial charge in [-0.15, -0.1) is 0 Å². The molecule has 0 aliphatic rings. The second kappa shape index (κ2) is 7.89.